The summed E-state index contributed by atoms with van der Waals surface area (Å²) in [7, 11) is -5.32. The minimum absolute atomic E-state index is 0.460. The van der Waals surface area contributed by atoms with Crippen LogP contribution in [0.5, 0.6) is 11.8 Å². The Bertz CT molecular complexity index is 980. The average molecular weight is 633 g/mol. The van der Waals surface area contributed by atoms with Crippen LogP contribution in [0.25, 0.3) is 11.1 Å². The van der Waals surface area contributed by atoms with E-state index in [4.69, 9.17) is 17.7 Å². The molecule has 0 unspecified atom stereocenters. The van der Waals surface area contributed by atoms with Crippen molar-refractivity contribution in [1.82, 2.24) is 9.97 Å². The Morgan fingerprint density at radius 3 is 1.67 bits per heavy atom. The first-order valence-electron chi connectivity index (χ1n) is 16.5. The molecule has 1 aromatic heterocycles. The molecule has 0 fully saturated rings. The van der Waals surface area contributed by atoms with Gasteiger partial charge in [0.25, 0.3) is 0 Å². The van der Waals surface area contributed by atoms with E-state index in [0.717, 1.165) is 36.3 Å². The molecule has 0 bridgehead atoms. The second-order valence-electron chi connectivity index (χ2n) is 13.6. The van der Waals surface area contributed by atoms with Crippen molar-refractivity contribution >= 4 is 25.2 Å². The highest BCUT2D eigenvalue weighted by molar-refractivity contribution is 6.87. The standard InChI is InChI=1S/C33H60N2O4Si3/c1-9-10-11-12-13-14-15-19-26-37-33-34-28-31(29-35-33)30-21-23-32(24-22-30)36-25-18-16-17-20-27-41(5,6)39-42(7,8)38-40(2,3)4/h21-24,28-29H,9-20,25-27H2,1-8H3. The molecule has 1 heterocycles. The number of rotatable bonds is 23. The van der Waals surface area contributed by atoms with Crippen molar-refractivity contribution < 1.29 is 17.7 Å². The number of nitrogens with zero attached hydrogens (tertiary/aromatic N) is 2. The van der Waals surface area contributed by atoms with Gasteiger partial charge in [-0.25, -0.2) is 9.97 Å². The van der Waals surface area contributed by atoms with Crippen LogP contribution in [0.3, 0.4) is 0 Å². The van der Waals surface area contributed by atoms with Gasteiger partial charge in [-0.1, -0.05) is 83.3 Å². The third kappa shape index (κ3) is 16.9. The summed E-state index contributed by atoms with van der Waals surface area (Å²) in [5, 5.41) is 0. The van der Waals surface area contributed by atoms with Gasteiger partial charge in [0.15, 0.2) is 16.6 Å². The van der Waals surface area contributed by atoms with Crippen molar-refractivity contribution in [1.29, 1.82) is 0 Å². The lowest BCUT2D eigenvalue weighted by atomic mass is 10.1. The minimum atomic E-state index is -2.04. The number of hydrogen-bond acceptors (Lipinski definition) is 6. The molecule has 2 aromatic rings. The lowest BCUT2D eigenvalue weighted by Gasteiger charge is -2.37. The van der Waals surface area contributed by atoms with Gasteiger partial charge in [-0.05, 0) is 82.4 Å². The summed E-state index contributed by atoms with van der Waals surface area (Å²) >= 11 is 0. The van der Waals surface area contributed by atoms with Gasteiger partial charge in [0.1, 0.15) is 5.75 Å². The Labute approximate surface area is 260 Å². The zero-order chi connectivity index (χ0) is 30.9. The van der Waals surface area contributed by atoms with E-state index in [1.165, 1.54) is 70.3 Å². The molecule has 6 nitrogen and oxygen atoms in total. The van der Waals surface area contributed by atoms with E-state index in [0.29, 0.717) is 12.6 Å². The second-order valence-corrected chi connectivity index (χ2v) is 26.3. The zero-order valence-electron chi connectivity index (χ0n) is 28.1. The Morgan fingerprint density at radius 1 is 0.571 bits per heavy atom. The Balaban J connectivity index is 1.59. The summed E-state index contributed by atoms with van der Waals surface area (Å²) in [6.07, 6.45) is 18.7. The van der Waals surface area contributed by atoms with E-state index >= 15 is 0 Å². The zero-order valence-corrected chi connectivity index (χ0v) is 31.1. The first-order valence-corrected chi connectivity index (χ1v) is 25.8. The van der Waals surface area contributed by atoms with Crippen LogP contribution in [-0.2, 0) is 8.23 Å². The topological polar surface area (TPSA) is 62.7 Å². The maximum atomic E-state index is 6.62. The Kier molecular flexibility index (Phi) is 16.6. The fourth-order valence-electron chi connectivity index (χ4n) is 5.35. The van der Waals surface area contributed by atoms with E-state index < -0.39 is 25.2 Å². The maximum absolute atomic E-state index is 6.62. The maximum Gasteiger partial charge on any atom is 0.316 e. The molecule has 42 heavy (non-hydrogen) atoms. The van der Waals surface area contributed by atoms with Crippen molar-refractivity contribution in [3.8, 4) is 22.9 Å². The van der Waals surface area contributed by atoms with E-state index in [2.05, 4.69) is 74.9 Å². The van der Waals surface area contributed by atoms with Gasteiger partial charge >= 0.3 is 14.6 Å². The largest absolute Gasteiger partial charge is 0.494 e. The second kappa shape index (κ2) is 19.0. The first kappa shape index (κ1) is 36.7. The molecule has 2 rings (SSSR count). The van der Waals surface area contributed by atoms with Gasteiger partial charge in [-0.15, -0.1) is 0 Å². The van der Waals surface area contributed by atoms with E-state index in [1.807, 2.05) is 24.5 Å². The van der Waals surface area contributed by atoms with Crippen LogP contribution in [0.2, 0.25) is 51.9 Å². The van der Waals surface area contributed by atoms with E-state index in [-0.39, 0.29) is 0 Å². The van der Waals surface area contributed by atoms with E-state index in [9.17, 15) is 0 Å². The summed E-state index contributed by atoms with van der Waals surface area (Å²) < 4.78 is 24.8. The number of aromatic nitrogens is 2. The molecule has 1 aromatic carbocycles. The van der Waals surface area contributed by atoms with Crippen LogP contribution < -0.4 is 9.47 Å². The summed E-state index contributed by atoms with van der Waals surface area (Å²) in [5.41, 5.74) is 2.06. The fourth-order valence-corrected chi connectivity index (χ4v) is 18.6. The van der Waals surface area contributed by atoms with Crippen molar-refractivity contribution in [3.05, 3.63) is 36.7 Å². The van der Waals surface area contributed by atoms with Gasteiger partial charge < -0.3 is 17.7 Å². The van der Waals surface area contributed by atoms with Gasteiger partial charge in [0.05, 0.1) is 13.2 Å². The van der Waals surface area contributed by atoms with E-state index in [1.54, 1.807) is 0 Å². The van der Waals surface area contributed by atoms with Crippen molar-refractivity contribution in [2.45, 2.75) is 136 Å². The van der Waals surface area contributed by atoms with Crippen LogP contribution in [0.15, 0.2) is 36.7 Å². The molecule has 0 saturated carbocycles. The normalized spacial score (nSPS) is 12.5. The molecule has 0 spiro atoms. The molecule has 0 amide bonds. The highest BCUT2D eigenvalue weighted by Crippen LogP contribution is 2.25. The molecular weight excluding hydrogens is 573 g/mol. The molecule has 0 N–H and O–H groups in total. The van der Waals surface area contributed by atoms with Gasteiger partial charge in [-0.2, -0.15) is 0 Å². The predicted molar refractivity (Wildman–Crippen MR) is 185 cm³/mol. The third-order valence-electron chi connectivity index (χ3n) is 7.06. The van der Waals surface area contributed by atoms with Crippen molar-refractivity contribution in [2.24, 2.45) is 0 Å². The lowest BCUT2D eigenvalue weighted by Crippen LogP contribution is -2.51. The predicted octanol–water partition coefficient (Wildman–Crippen LogP) is 10.4. The van der Waals surface area contributed by atoms with Crippen LogP contribution in [0.1, 0.15) is 84.0 Å². The minimum Gasteiger partial charge on any atom is -0.494 e. The summed E-state index contributed by atoms with van der Waals surface area (Å²) in [4.78, 5) is 8.81. The van der Waals surface area contributed by atoms with Crippen molar-refractivity contribution in [2.75, 3.05) is 13.2 Å². The third-order valence-corrected chi connectivity index (χ3v) is 17.2. The number of unbranched alkanes of at least 4 members (excludes halogenated alkanes) is 10. The molecule has 0 aliphatic rings. The quantitative estimate of drug-likeness (QED) is 0.0897. The fraction of sp³-hybridized carbons (Fsp3) is 0.697. The van der Waals surface area contributed by atoms with Crippen LogP contribution in [-0.4, -0.2) is 48.4 Å². The highest BCUT2D eigenvalue weighted by atomic mass is 28.5. The van der Waals surface area contributed by atoms with Crippen LogP contribution in [0, 0.1) is 0 Å². The van der Waals surface area contributed by atoms with Crippen LogP contribution >= 0.6 is 0 Å². The molecule has 238 valence electrons. The smallest absolute Gasteiger partial charge is 0.316 e. The first-order chi connectivity index (χ1) is 19.9. The molecule has 0 radical (unpaired) electrons. The summed E-state index contributed by atoms with van der Waals surface area (Å²) in [6, 6.07) is 9.85. The van der Waals surface area contributed by atoms with Gasteiger partial charge in [-0.3, -0.25) is 0 Å². The monoisotopic (exact) mass is 632 g/mol. The van der Waals surface area contributed by atoms with Crippen molar-refractivity contribution in [3.63, 3.8) is 0 Å². The highest BCUT2D eigenvalue weighted by Gasteiger charge is 2.37. The number of benzene rings is 1. The molecule has 0 saturated heterocycles. The number of ether oxygens (including phenoxy) is 2. The number of hydrogen-bond donors (Lipinski definition) is 0. The lowest BCUT2D eigenvalue weighted by molar-refractivity contribution is 0.281. The Morgan fingerprint density at radius 2 is 1.10 bits per heavy atom. The molecular formula is C33H60N2O4Si3. The summed E-state index contributed by atoms with van der Waals surface area (Å²) in [6.45, 7) is 19.5. The van der Waals surface area contributed by atoms with Gasteiger partial charge in [0, 0.05) is 18.0 Å². The Hall–Kier alpha value is -1.53. The molecule has 9 heteroatoms. The average Bonchev–Trinajstić information content (AvgIpc) is 2.90. The van der Waals surface area contributed by atoms with Gasteiger partial charge in [0.2, 0.25) is 0 Å². The summed E-state index contributed by atoms with van der Waals surface area (Å²) in [5.74, 6) is 0.904. The molecule has 0 aliphatic heterocycles. The SMILES string of the molecule is CCCCCCCCCCOc1ncc(-c2ccc(OCCCCCC[Si](C)(C)O[Si](C)(C)O[Si](C)(C)C)cc2)cn1. The molecule has 0 aliphatic carbocycles. The van der Waals surface area contributed by atoms with Crippen LogP contribution in [0.4, 0.5) is 0 Å². The molecule has 0 atom stereocenters.